The highest BCUT2D eigenvalue weighted by Crippen LogP contribution is 2.15. The topological polar surface area (TPSA) is 74.2 Å². The van der Waals surface area contributed by atoms with Crippen LogP contribution in [0.1, 0.15) is 17.3 Å². The van der Waals surface area contributed by atoms with E-state index >= 15 is 0 Å². The first-order chi connectivity index (χ1) is 8.28. The number of hydrogen-bond acceptors (Lipinski definition) is 5. The van der Waals surface area contributed by atoms with E-state index < -0.39 is 0 Å². The molecule has 2 rings (SSSR count). The van der Waals surface area contributed by atoms with Crippen molar-refractivity contribution in [2.45, 2.75) is 20.0 Å². The van der Waals surface area contributed by atoms with E-state index in [1.165, 1.54) is 0 Å². The lowest BCUT2D eigenvalue weighted by atomic mass is 10.1. The second kappa shape index (κ2) is 5.45. The molecule has 90 valence electrons. The summed E-state index contributed by atoms with van der Waals surface area (Å²) in [5.41, 5.74) is 6.66. The number of hydrogen-bond donors (Lipinski definition) is 1. The Morgan fingerprint density at radius 1 is 1.35 bits per heavy atom. The van der Waals surface area contributed by atoms with Gasteiger partial charge in [-0.3, -0.25) is 0 Å². The van der Waals surface area contributed by atoms with Crippen molar-refractivity contribution in [2.24, 2.45) is 5.73 Å². The van der Waals surface area contributed by atoms with Gasteiger partial charge in [-0.25, -0.2) is 0 Å². The molecule has 0 aliphatic heterocycles. The Labute approximate surface area is 99.6 Å². The molecule has 0 bridgehead atoms. The Bertz CT molecular complexity index is 482. The summed E-state index contributed by atoms with van der Waals surface area (Å²) in [6.07, 6.45) is 0.844. The third-order valence-electron chi connectivity index (χ3n) is 2.26. The summed E-state index contributed by atoms with van der Waals surface area (Å²) in [6.45, 7) is 2.66. The zero-order valence-electron chi connectivity index (χ0n) is 9.72. The lowest BCUT2D eigenvalue weighted by molar-refractivity contribution is 0.260. The molecule has 1 aromatic carbocycles. The van der Waals surface area contributed by atoms with E-state index in [0.717, 1.165) is 17.7 Å². The molecule has 0 radical (unpaired) electrons. The number of ether oxygens (including phenoxy) is 1. The van der Waals surface area contributed by atoms with Crippen LogP contribution in [0.4, 0.5) is 0 Å². The minimum absolute atomic E-state index is 0.285. The molecule has 0 unspecified atom stereocenters. The van der Waals surface area contributed by atoms with Gasteiger partial charge >= 0.3 is 0 Å². The fourth-order valence-electron chi connectivity index (χ4n) is 1.50. The first-order valence-corrected chi connectivity index (χ1v) is 5.48. The normalized spacial score (nSPS) is 10.5. The summed E-state index contributed by atoms with van der Waals surface area (Å²) in [6, 6.07) is 7.83. The number of aryl methyl sites for hydroxylation is 1. The van der Waals surface area contributed by atoms with Crippen LogP contribution in [0.5, 0.6) is 5.75 Å². The highest BCUT2D eigenvalue weighted by atomic mass is 16.5. The summed E-state index contributed by atoms with van der Waals surface area (Å²) in [5.74, 6) is 1.80. The van der Waals surface area contributed by atoms with Crippen molar-refractivity contribution in [2.75, 3.05) is 6.54 Å². The molecule has 2 aromatic rings. The van der Waals surface area contributed by atoms with Gasteiger partial charge in [-0.15, -0.1) is 10.2 Å². The predicted octanol–water partition coefficient (Wildman–Crippen LogP) is 1.46. The molecule has 5 nitrogen and oxygen atoms in total. The second-order valence-electron chi connectivity index (χ2n) is 3.69. The van der Waals surface area contributed by atoms with E-state index in [1.54, 1.807) is 6.92 Å². The second-order valence-corrected chi connectivity index (χ2v) is 3.69. The third-order valence-corrected chi connectivity index (χ3v) is 2.26. The zero-order valence-corrected chi connectivity index (χ0v) is 9.72. The van der Waals surface area contributed by atoms with Gasteiger partial charge in [0.05, 0.1) is 0 Å². The average Bonchev–Trinajstić information content (AvgIpc) is 2.74. The van der Waals surface area contributed by atoms with Crippen LogP contribution in [0.25, 0.3) is 0 Å². The van der Waals surface area contributed by atoms with Gasteiger partial charge in [0, 0.05) is 6.92 Å². The average molecular weight is 233 g/mol. The van der Waals surface area contributed by atoms with E-state index in [-0.39, 0.29) is 6.61 Å². The predicted molar refractivity (Wildman–Crippen MR) is 62.6 cm³/mol. The molecule has 0 aliphatic rings. The SMILES string of the molecule is Cc1nnc(COc2cccc(CCN)c2)o1. The van der Waals surface area contributed by atoms with Crippen LogP contribution in [0.15, 0.2) is 28.7 Å². The Morgan fingerprint density at radius 3 is 2.94 bits per heavy atom. The van der Waals surface area contributed by atoms with Gasteiger partial charge in [0.25, 0.3) is 5.89 Å². The van der Waals surface area contributed by atoms with Gasteiger partial charge in [0.2, 0.25) is 5.89 Å². The Balaban J connectivity index is 1.96. The van der Waals surface area contributed by atoms with Crippen LogP contribution in [0.3, 0.4) is 0 Å². The minimum Gasteiger partial charge on any atom is -0.484 e. The monoisotopic (exact) mass is 233 g/mol. The van der Waals surface area contributed by atoms with E-state index in [0.29, 0.717) is 18.3 Å². The molecular formula is C12H15N3O2. The molecule has 0 aliphatic carbocycles. The molecule has 0 fully saturated rings. The van der Waals surface area contributed by atoms with Gasteiger partial charge in [-0.05, 0) is 30.7 Å². The molecule has 1 aromatic heterocycles. The van der Waals surface area contributed by atoms with Crippen molar-refractivity contribution in [1.29, 1.82) is 0 Å². The standard InChI is InChI=1S/C12H15N3O2/c1-9-14-15-12(17-9)8-16-11-4-2-3-10(7-11)5-6-13/h2-4,7H,5-6,8,13H2,1H3. The molecule has 5 heteroatoms. The van der Waals surface area contributed by atoms with E-state index in [4.69, 9.17) is 14.9 Å². The van der Waals surface area contributed by atoms with Gasteiger partial charge in [0.15, 0.2) is 6.61 Å². The highest BCUT2D eigenvalue weighted by Gasteiger charge is 2.03. The van der Waals surface area contributed by atoms with Crippen LogP contribution in [0, 0.1) is 6.92 Å². The van der Waals surface area contributed by atoms with Crippen LogP contribution in [-0.2, 0) is 13.0 Å². The summed E-state index contributed by atoms with van der Waals surface area (Å²) in [7, 11) is 0. The molecular weight excluding hydrogens is 218 g/mol. The van der Waals surface area contributed by atoms with E-state index in [9.17, 15) is 0 Å². The minimum atomic E-state index is 0.285. The largest absolute Gasteiger partial charge is 0.484 e. The Kier molecular flexibility index (Phi) is 3.72. The molecule has 17 heavy (non-hydrogen) atoms. The number of rotatable bonds is 5. The van der Waals surface area contributed by atoms with Gasteiger partial charge in [-0.1, -0.05) is 12.1 Å². The van der Waals surface area contributed by atoms with Crippen molar-refractivity contribution >= 4 is 0 Å². The molecule has 1 heterocycles. The van der Waals surface area contributed by atoms with Crippen molar-refractivity contribution in [3.05, 3.63) is 41.6 Å². The van der Waals surface area contributed by atoms with E-state index in [1.807, 2.05) is 24.3 Å². The van der Waals surface area contributed by atoms with Gasteiger partial charge in [0.1, 0.15) is 5.75 Å². The molecule has 0 saturated heterocycles. The third kappa shape index (κ3) is 3.29. The molecule has 0 spiro atoms. The molecule has 0 atom stereocenters. The van der Waals surface area contributed by atoms with Crippen molar-refractivity contribution < 1.29 is 9.15 Å². The first-order valence-electron chi connectivity index (χ1n) is 5.48. The first kappa shape index (κ1) is 11.6. The number of aromatic nitrogens is 2. The number of nitrogens with zero attached hydrogens (tertiary/aromatic N) is 2. The van der Waals surface area contributed by atoms with Crippen molar-refractivity contribution in [3.63, 3.8) is 0 Å². The van der Waals surface area contributed by atoms with Gasteiger partial charge in [-0.2, -0.15) is 0 Å². The Morgan fingerprint density at radius 2 is 2.24 bits per heavy atom. The molecule has 2 N–H and O–H groups in total. The maximum atomic E-state index is 5.56. The van der Waals surface area contributed by atoms with Crippen LogP contribution >= 0.6 is 0 Å². The zero-order chi connectivity index (χ0) is 12.1. The van der Waals surface area contributed by atoms with Crippen molar-refractivity contribution in [3.8, 4) is 5.75 Å². The van der Waals surface area contributed by atoms with Crippen LogP contribution in [0.2, 0.25) is 0 Å². The lowest BCUT2D eigenvalue weighted by Gasteiger charge is -2.05. The summed E-state index contributed by atoms with van der Waals surface area (Å²) in [5, 5.41) is 7.59. The Hall–Kier alpha value is -1.88. The fourth-order valence-corrected chi connectivity index (χ4v) is 1.50. The smallest absolute Gasteiger partial charge is 0.253 e. The maximum absolute atomic E-state index is 5.56. The van der Waals surface area contributed by atoms with Crippen LogP contribution in [-0.4, -0.2) is 16.7 Å². The molecule has 0 saturated carbocycles. The maximum Gasteiger partial charge on any atom is 0.253 e. The number of benzene rings is 1. The summed E-state index contributed by atoms with van der Waals surface area (Å²) >= 11 is 0. The van der Waals surface area contributed by atoms with Crippen LogP contribution < -0.4 is 10.5 Å². The van der Waals surface area contributed by atoms with E-state index in [2.05, 4.69) is 10.2 Å². The summed E-state index contributed by atoms with van der Waals surface area (Å²) < 4.78 is 10.8. The lowest BCUT2D eigenvalue weighted by Crippen LogP contribution is -2.03. The quantitative estimate of drug-likeness (QED) is 0.846. The summed E-state index contributed by atoms with van der Waals surface area (Å²) in [4.78, 5) is 0. The number of nitrogens with two attached hydrogens (primary N) is 1. The highest BCUT2D eigenvalue weighted by molar-refractivity contribution is 5.28. The fraction of sp³-hybridized carbons (Fsp3) is 0.333. The van der Waals surface area contributed by atoms with Gasteiger partial charge < -0.3 is 14.9 Å². The molecule has 0 amide bonds. The van der Waals surface area contributed by atoms with Crippen molar-refractivity contribution in [1.82, 2.24) is 10.2 Å².